The molecule has 0 fully saturated rings. The second kappa shape index (κ2) is 8.45. The Morgan fingerprint density at radius 3 is 2.64 bits per heavy atom. The van der Waals surface area contributed by atoms with Gasteiger partial charge in [-0.05, 0) is 51.5 Å². The number of amides is 1. The van der Waals surface area contributed by atoms with Gasteiger partial charge in [0.05, 0.1) is 24.7 Å². The van der Waals surface area contributed by atoms with E-state index >= 15 is 0 Å². The zero-order chi connectivity index (χ0) is 23.8. The molecule has 0 atom stereocenters. The summed E-state index contributed by atoms with van der Waals surface area (Å²) in [5.41, 5.74) is 10.2. The summed E-state index contributed by atoms with van der Waals surface area (Å²) in [6.07, 6.45) is 4.62. The van der Waals surface area contributed by atoms with Gasteiger partial charge < -0.3 is 15.2 Å². The van der Waals surface area contributed by atoms with Gasteiger partial charge in [-0.25, -0.2) is 14.3 Å². The molecule has 0 aliphatic carbocycles. The molecule has 4 aromatic rings. The largest absolute Gasteiger partial charge is 0.495 e. The lowest BCUT2D eigenvalue weighted by Crippen LogP contribution is -2.27. The first kappa shape index (κ1) is 22.1. The summed E-state index contributed by atoms with van der Waals surface area (Å²) in [4.78, 5) is 16.4. The van der Waals surface area contributed by atoms with Crippen molar-refractivity contribution >= 4 is 23.1 Å². The van der Waals surface area contributed by atoms with Crippen LogP contribution in [-0.4, -0.2) is 43.2 Å². The SMILES string of the molecule is CCn1cc(-c2cc(-c3ccc(NC(=O)OC(C)(C)C)c(OC)c3)c3c(N)ncnn23)cn1. The molecule has 10 nitrogen and oxygen atoms in total. The van der Waals surface area contributed by atoms with Gasteiger partial charge in [0.1, 0.15) is 23.2 Å². The van der Waals surface area contributed by atoms with E-state index in [-0.39, 0.29) is 0 Å². The Morgan fingerprint density at radius 1 is 1.18 bits per heavy atom. The fraction of sp³-hybridized carbons (Fsp3) is 0.304. The molecule has 0 bridgehead atoms. The van der Waals surface area contributed by atoms with Crippen molar-refractivity contribution < 1.29 is 14.3 Å². The molecule has 1 aromatic carbocycles. The molecule has 3 aromatic heterocycles. The number of aromatic nitrogens is 5. The molecule has 3 N–H and O–H groups in total. The number of nitrogens with two attached hydrogens (primary N) is 1. The third-order valence-corrected chi connectivity index (χ3v) is 4.98. The zero-order valence-electron chi connectivity index (χ0n) is 19.3. The van der Waals surface area contributed by atoms with E-state index in [1.807, 2.05) is 36.0 Å². The molecule has 0 saturated heterocycles. The third kappa shape index (κ3) is 4.45. The van der Waals surface area contributed by atoms with E-state index in [9.17, 15) is 4.79 Å². The normalized spacial score (nSPS) is 11.5. The summed E-state index contributed by atoms with van der Waals surface area (Å²) in [6, 6.07) is 7.45. The van der Waals surface area contributed by atoms with Gasteiger partial charge in [0.2, 0.25) is 0 Å². The molecule has 1 amide bonds. The van der Waals surface area contributed by atoms with Crippen molar-refractivity contribution in [3.63, 3.8) is 0 Å². The van der Waals surface area contributed by atoms with Crippen LogP contribution in [0.4, 0.5) is 16.3 Å². The molecular weight excluding hydrogens is 422 g/mol. The van der Waals surface area contributed by atoms with Gasteiger partial charge in [-0.3, -0.25) is 10.00 Å². The first-order chi connectivity index (χ1) is 15.7. The van der Waals surface area contributed by atoms with Crippen molar-refractivity contribution in [3.8, 4) is 28.1 Å². The number of methoxy groups -OCH3 is 1. The number of benzene rings is 1. The van der Waals surface area contributed by atoms with Crippen molar-refractivity contribution in [2.24, 2.45) is 0 Å². The van der Waals surface area contributed by atoms with Gasteiger partial charge in [-0.15, -0.1) is 0 Å². The van der Waals surface area contributed by atoms with Crippen LogP contribution in [0.15, 0.2) is 43.0 Å². The first-order valence-electron chi connectivity index (χ1n) is 10.5. The Balaban J connectivity index is 1.78. The Hall–Kier alpha value is -4.08. The number of carbonyl (C=O) groups excluding carboxylic acids is 1. The summed E-state index contributed by atoms with van der Waals surface area (Å²) in [6.45, 7) is 8.20. The number of hydrogen-bond acceptors (Lipinski definition) is 7. The van der Waals surface area contributed by atoms with Crippen LogP contribution in [-0.2, 0) is 11.3 Å². The van der Waals surface area contributed by atoms with E-state index < -0.39 is 11.7 Å². The Kier molecular flexibility index (Phi) is 5.67. The van der Waals surface area contributed by atoms with E-state index in [0.29, 0.717) is 22.8 Å². The van der Waals surface area contributed by atoms with Gasteiger partial charge in [0.25, 0.3) is 0 Å². The van der Waals surface area contributed by atoms with Crippen LogP contribution in [0.25, 0.3) is 27.9 Å². The number of nitrogens with one attached hydrogen (secondary N) is 1. The van der Waals surface area contributed by atoms with E-state index in [1.165, 1.54) is 6.33 Å². The van der Waals surface area contributed by atoms with Crippen molar-refractivity contribution in [2.75, 3.05) is 18.2 Å². The molecular formula is C23H27N7O3. The summed E-state index contributed by atoms with van der Waals surface area (Å²) in [7, 11) is 1.54. The van der Waals surface area contributed by atoms with Crippen molar-refractivity contribution in [1.82, 2.24) is 24.4 Å². The van der Waals surface area contributed by atoms with Crippen molar-refractivity contribution in [1.29, 1.82) is 0 Å². The van der Waals surface area contributed by atoms with E-state index in [0.717, 1.165) is 28.9 Å². The summed E-state index contributed by atoms with van der Waals surface area (Å²) in [5, 5.41) is 11.5. The topological polar surface area (TPSA) is 122 Å². The Labute approximate surface area is 191 Å². The second-order valence-corrected chi connectivity index (χ2v) is 8.48. The molecule has 3 heterocycles. The minimum Gasteiger partial charge on any atom is -0.495 e. The molecule has 10 heteroatoms. The fourth-order valence-electron chi connectivity index (χ4n) is 3.54. The molecule has 4 rings (SSSR count). The van der Waals surface area contributed by atoms with Crippen LogP contribution in [0.5, 0.6) is 5.75 Å². The number of hydrogen-bond donors (Lipinski definition) is 2. The number of rotatable bonds is 5. The van der Waals surface area contributed by atoms with Crippen LogP contribution >= 0.6 is 0 Å². The molecule has 172 valence electrons. The van der Waals surface area contributed by atoms with Gasteiger partial charge in [-0.2, -0.15) is 10.2 Å². The lowest BCUT2D eigenvalue weighted by atomic mass is 10.1. The zero-order valence-corrected chi connectivity index (χ0v) is 19.3. The average molecular weight is 450 g/mol. The monoisotopic (exact) mass is 449 g/mol. The van der Waals surface area contributed by atoms with Gasteiger partial charge >= 0.3 is 6.09 Å². The Morgan fingerprint density at radius 2 is 1.97 bits per heavy atom. The van der Waals surface area contributed by atoms with E-state index in [2.05, 4.69) is 20.5 Å². The lowest BCUT2D eigenvalue weighted by Gasteiger charge is -2.20. The molecule has 0 unspecified atom stereocenters. The highest BCUT2D eigenvalue weighted by atomic mass is 16.6. The highest BCUT2D eigenvalue weighted by Crippen LogP contribution is 2.38. The summed E-state index contributed by atoms with van der Waals surface area (Å²) in [5.74, 6) is 0.831. The van der Waals surface area contributed by atoms with Gasteiger partial charge in [-0.1, -0.05) is 6.07 Å². The van der Waals surface area contributed by atoms with Crippen LogP contribution < -0.4 is 15.8 Å². The predicted molar refractivity (Wildman–Crippen MR) is 126 cm³/mol. The van der Waals surface area contributed by atoms with Crippen LogP contribution in [0.1, 0.15) is 27.7 Å². The molecule has 0 aliphatic rings. The van der Waals surface area contributed by atoms with Gasteiger partial charge in [0, 0.05) is 23.9 Å². The maximum absolute atomic E-state index is 12.2. The van der Waals surface area contributed by atoms with Crippen molar-refractivity contribution in [3.05, 3.63) is 43.0 Å². The molecule has 0 saturated carbocycles. The average Bonchev–Trinajstić information content (AvgIpc) is 3.38. The minimum absolute atomic E-state index is 0.351. The number of ether oxygens (including phenoxy) is 2. The highest BCUT2D eigenvalue weighted by molar-refractivity contribution is 5.94. The molecule has 0 aliphatic heterocycles. The maximum Gasteiger partial charge on any atom is 0.412 e. The van der Waals surface area contributed by atoms with Crippen molar-refractivity contribution in [2.45, 2.75) is 39.8 Å². The fourth-order valence-corrected chi connectivity index (χ4v) is 3.54. The second-order valence-electron chi connectivity index (χ2n) is 8.48. The van der Waals surface area contributed by atoms with Crippen LogP contribution in [0.2, 0.25) is 0 Å². The standard InChI is InChI=1S/C23H27N7O3/c1-6-29-12-15(11-26-29)18-10-16(20-21(24)25-13-27-30(18)20)14-7-8-17(19(9-14)32-5)28-22(31)33-23(2,3)4/h7-13H,6H2,1-5H3,(H,28,31)(H2,24,25,27). The van der Waals surface area contributed by atoms with E-state index in [1.54, 1.807) is 44.7 Å². The number of nitrogens with zero attached hydrogens (tertiary/aromatic N) is 5. The first-order valence-corrected chi connectivity index (χ1v) is 10.5. The number of nitrogen functional groups attached to an aromatic ring is 1. The van der Waals surface area contributed by atoms with Crippen LogP contribution in [0, 0.1) is 0 Å². The number of aryl methyl sites for hydroxylation is 1. The van der Waals surface area contributed by atoms with Gasteiger partial charge in [0.15, 0.2) is 5.82 Å². The smallest absolute Gasteiger partial charge is 0.412 e. The minimum atomic E-state index is -0.609. The maximum atomic E-state index is 12.2. The lowest BCUT2D eigenvalue weighted by molar-refractivity contribution is 0.0635. The number of anilines is 2. The highest BCUT2D eigenvalue weighted by Gasteiger charge is 2.20. The quantitative estimate of drug-likeness (QED) is 0.468. The van der Waals surface area contributed by atoms with Crippen LogP contribution in [0.3, 0.4) is 0 Å². The third-order valence-electron chi connectivity index (χ3n) is 4.98. The predicted octanol–water partition coefficient (Wildman–Crippen LogP) is 4.22. The summed E-state index contributed by atoms with van der Waals surface area (Å²) < 4.78 is 14.5. The molecule has 33 heavy (non-hydrogen) atoms. The Bertz CT molecular complexity index is 1320. The van der Waals surface area contributed by atoms with E-state index in [4.69, 9.17) is 15.2 Å². The number of carbonyl (C=O) groups is 1. The number of fused-ring (bicyclic) bond motifs is 1. The summed E-state index contributed by atoms with van der Waals surface area (Å²) >= 11 is 0. The molecule has 0 radical (unpaired) electrons. The molecule has 0 spiro atoms.